The maximum absolute atomic E-state index is 12.0. The highest BCUT2D eigenvalue weighted by Gasteiger charge is 2.44. The summed E-state index contributed by atoms with van der Waals surface area (Å²) in [7, 11) is 0. The molecule has 0 saturated carbocycles. The Hall–Kier alpha value is -2.22. The Labute approximate surface area is 126 Å². The zero-order chi connectivity index (χ0) is 15.7. The Balaban J connectivity index is 1.90. The highest BCUT2D eigenvalue weighted by atomic mass is 16.5. The highest BCUT2D eigenvalue weighted by molar-refractivity contribution is 6.14. The number of rotatable bonds is 3. The fraction of sp³-hybridized carbons (Fsp3) is 0.333. The Morgan fingerprint density at radius 3 is 2.68 bits per heavy atom. The number of aliphatic hydroxyl groups excluding tert-OH is 2. The third-order valence-corrected chi connectivity index (χ3v) is 3.71. The van der Waals surface area contributed by atoms with Gasteiger partial charge in [-0.05, 0) is 11.6 Å². The Kier molecular flexibility index (Phi) is 3.93. The van der Waals surface area contributed by atoms with Crippen molar-refractivity contribution in [3.05, 3.63) is 41.6 Å². The van der Waals surface area contributed by atoms with E-state index < -0.39 is 30.4 Å². The van der Waals surface area contributed by atoms with Crippen LogP contribution in [0.5, 0.6) is 0 Å². The summed E-state index contributed by atoms with van der Waals surface area (Å²) in [6, 6.07) is 8.51. The molecule has 116 valence electrons. The smallest absolute Gasteiger partial charge is 0.331 e. The van der Waals surface area contributed by atoms with E-state index in [-0.39, 0.29) is 18.7 Å². The first kappa shape index (κ1) is 14.7. The number of carbonyl (C=O) groups excluding carboxylic acids is 2. The van der Waals surface area contributed by atoms with E-state index in [1.54, 1.807) is 6.08 Å². The van der Waals surface area contributed by atoms with E-state index in [0.717, 1.165) is 5.56 Å². The fourth-order valence-electron chi connectivity index (χ4n) is 2.61. The lowest BCUT2D eigenvalue weighted by molar-refractivity contribution is -0.116. The molecule has 0 spiro atoms. The van der Waals surface area contributed by atoms with Crippen molar-refractivity contribution in [2.75, 3.05) is 6.61 Å². The van der Waals surface area contributed by atoms with Gasteiger partial charge in [0, 0.05) is 6.42 Å². The van der Waals surface area contributed by atoms with Crippen molar-refractivity contribution in [1.82, 2.24) is 10.2 Å². The molecule has 0 radical (unpaired) electrons. The van der Waals surface area contributed by atoms with Crippen LogP contribution in [0, 0.1) is 0 Å². The Morgan fingerprint density at radius 2 is 2.05 bits per heavy atom. The molecule has 3 atom stereocenters. The summed E-state index contributed by atoms with van der Waals surface area (Å²) in [5.74, 6) is -0.514. The summed E-state index contributed by atoms with van der Waals surface area (Å²) in [6.45, 7) is -0.348. The molecule has 1 aromatic rings. The predicted molar refractivity (Wildman–Crippen MR) is 76.2 cm³/mol. The third kappa shape index (κ3) is 2.61. The average Bonchev–Trinajstić information content (AvgIpc) is 3.00. The Bertz CT molecular complexity index is 616. The molecular formula is C15H16N2O5. The van der Waals surface area contributed by atoms with Crippen molar-refractivity contribution in [3.63, 3.8) is 0 Å². The van der Waals surface area contributed by atoms with Gasteiger partial charge in [-0.1, -0.05) is 30.3 Å². The van der Waals surface area contributed by atoms with Gasteiger partial charge in [-0.25, -0.2) is 4.79 Å². The van der Waals surface area contributed by atoms with Crippen LogP contribution in [0.25, 0.3) is 6.08 Å². The summed E-state index contributed by atoms with van der Waals surface area (Å²) in [4.78, 5) is 25.2. The largest absolute Gasteiger partial charge is 0.394 e. The van der Waals surface area contributed by atoms with Crippen molar-refractivity contribution in [3.8, 4) is 0 Å². The number of ether oxygens (including phenoxy) is 1. The molecule has 0 bridgehead atoms. The average molecular weight is 304 g/mol. The van der Waals surface area contributed by atoms with Crippen LogP contribution in [-0.2, 0) is 9.53 Å². The van der Waals surface area contributed by atoms with Crippen molar-refractivity contribution in [2.24, 2.45) is 0 Å². The standard InChI is InChI=1S/C15H16N2O5/c18-8-12-11(19)7-13(22-12)17-10(14(20)16-15(17)21)6-9-4-2-1-3-5-9/h1-6,11-13,18-19H,7-8H2,(H,16,20,21)/b10-6-/t11-,12+,13+/m0/s1. The lowest BCUT2D eigenvalue weighted by Gasteiger charge is -2.22. The van der Waals surface area contributed by atoms with Gasteiger partial charge in [-0.2, -0.15) is 0 Å². The number of hydrogen-bond acceptors (Lipinski definition) is 5. The summed E-state index contributed by atoms with van der Waals surface area (Å²) < 4.78 is 5.47. The second-order valence-corrected chi connectivity index (χ2v) is 5.18. The molecule has 0 aromatic heterocycles. The molecule has 7 heteroatoms. The quantitative estimate of drug-likeness (QED) is 0.541. The molecule has 2 saturated heterocycles. The normalized spacial score (nSPS) is 30.2. The van der Waals surface area contributed by atoms with E-state index in [2.05, 4.69) is 5.32 Å². The number of nitrogens with zero attached hydrogens (tertiary/aromatic N) is 1. The minimum Gasteiger partial charge on any atom is -0.394 e. The molecule has 1 aromatic carbocycles. The molecule has 0 unspecified atom stereocenters. The second-order valence-electron chi connectivity index (χ2n) is 5.18. The molecule has 0 aliphatic carbocycles. The number of urea groups is 1. The van der Waals surface area contributed by atoms with E-state index in [1.165, 1.54) is 4.90 Å². The molecule has 3 N–H and O–H groups in total. The zero-order valence-corrected chi connectivity index (χ0v) is 11.7. The molecule has 2 aliphatic rings. The number of nitrogens with one attached hydrogen (secondary N) is 1. The van der Waals surface area contributed by atoms with Crippen molar-refractivity contribution in [1.29, 1.82) is 0 Å². The first-order valence-corrected chi connectivity index (χ1v) is 6.96. The van der Waals surface area contributed by atoms with Crippen molar-refractivity contribution >= 4 is 18.0 Å². The van der Waals surface area contributed by atoms with Gasteiger partial charge in [0.05, 0.1) is 12.7 Å². The van der Waals surface area contributed by atoms with Gasteiger partial charge >= 0.3 is 6.03 Å². The molecule has 2 aliphatic heterocycles. The van der Waals surface area contributed by atoms with Gasteiger partial charge < -0.3 is 14.9 Å². The summed E-state index contributed by atoms with van der Waals surface area (Å²) in [5.41, 5.74) is 0.927. The van der Waals surface area contributed by atoms with Gasteiger partial charge in [-0.15, -0.1) is 0 Å². The maximum Gasteiger partial charge on any atom is 0.331 e. The lowest BCUT2D eigenvalue weighted by atomic mass is 10.1. The van der Waals surface area contributed by atoms with Crippen molar-refractivity contribution in [2.45, 2.75) is 24.9 Å². The number of carbonyl (C=O) groups is 2. The van der Waals surface area contributed by atoms with Gasteiger partial charge in [0.15, 0.2) is 0 Å². The Morgan fingerprint density at radius 1 is 1.32 bits per heavy atom. The van der Waals surface area contributed by atoms with Gasteiger partial charge in [0.25, 0.3) is 5.91 Å². The SMILES string of the molecule is O=C1NC(=O)N([C@H]2C[C@H](O)[C@@H](CO)O2)/C1=C\c1ccccc1. The van der Waals surface area contributed by atoms with E-state index in [9.17, 15) is 14.7 Å². The molecular weight excluding hydrogens is 288 g/mol. The maximum atomic E-state index is 12.0. The van der Waals surface area contributed by atoms with Crippen LogP contribution in [0.3, 0.4) is 0 Å². The van der Waals surface area contributed by atoms with Gasteiger partial charge in [-0.3, -0.25) is 15.0 Å². The van der Waals surface area contributed by atoms with Crippen LogP contribution in [0.1, 0.15) is 12.0 Å². The van der Waals surface area contributed by atoms with Crippen LogP contribution in [0.15, 0.2) is 36.0 Å². The molecule has 2 heterocycles. The number of amides is 3. The summed E-state index contributed by atoms with van der Waals surface area (Å²) in [6.07, 6.45) is -0.697. The molecule has 7 nitrogen and oxygen atoms in total. The lowest BCUT2D eigenvalue weighted by Crippen LogP contribution is -2.37. The third-order valence-electron chi connectivity index (χ3n) is 3.71. The van der Waals surface area contributed by atoms with Crippen LogP contribution < -0.4 is 5.32 Å². The van der Waals surface area contributed by atoms with E-state index in [4.69, 9.17) is 9.84 Å². The van der Waals surface area contributed by atoms with Crippen LogP contribution in [0.2, 0.25) is 0 Å². The number of aliphatic hydroxyl groups is 2. The van der Waals surface area contributed by atoms with Crippen LogP contribution >= 0.6 is 0 Å². The van der Waals surface area contributed by atoms with Gasteiger partial charge in [0.1, 0.15) is 18.0 Å². The summed E-state index contributed by atoms with van der Waals surface area (Å²) >= 11 is 0. The van der Waals surface area contributed by atoms with Crippen molar-refractivity contribution < 1.29 is 24.5 Å². The molecule has 3 rings (SSSR count). The predicted octanol–water partition coefficient (Wildman–Crippen LogP) is 0.0475. The minimum absolute atomic E-state index is 0.137. The van der Waals surface area contributed by atoms with Gasteiger partial charge in [0.2, 0.25) is 0 Å². The fourth-order valence-corrected chi connectivity index (χ4v) is 2.61. The first-order valence-electron chi connectivity index (χ1n) is 6.96. The summed E-state index contributed by atoms with van der Waals surface area (Å²) in [5, 5.41) is 21.1. The first-order chi connectivity index (χ1) is 10.6. The second kappa shape index (κ2) is 5.88. The molecule has 2 fully saturated rings. The zero-order valence-electron chi connectivity index (χ0n) is 11.7. The number of hydrogen-bond donors (Lipinski definition) is 3. The molecule has 3 amide bonds. The van der Waals surface area contributed by atoms with E-state index in [0.29, 0.717) is 0 Å². The molecule has 22 heavy (non-hydrogen) atoms. The highest BCUT2D eigenvalue weighted by Crippen LogP contribution is 2.29. The minimum atomic E-state index is -0.878. The number of imide groups is 1. The van der Waals surface area contributed by atoms with E-state index in [1.807, 2.05) is 30.3 Å². The number of benzene rings is 1. The monoisotopic (exact) mass is 304 g/mol. The van der Waals surface area contributed by atoms with Crippen LogP contribution in [0.4, 0.5) is 4.79 Å². The topological polar surface area (TPSA) is 99.1 Å². The van der Waals surface area contributed by atoms with Crippen LogP contribution in [-0.4, -0.2) is 52.1 Å². The van der Waals surface area contributed by atoms with E-state index >= 15 is 0 Å².